The Labute approximate surface area is 130 Å². The fourth-order valence-electron chi connectivity index (χ4n) is 1.79. The Kier molecular flexibility index (Phi) is 5.08. The molecular weight excluding hydrogens is 316 g/mol. The number of carbonyl (C=O) groups is 3. The number of hydrogen-bond donors (Lipinski definition) is 3. The van der Waals surface area contributed by atoms with Crippen molar-refractivity contribution in [3.63, 3.8) is 0 Å². The Balaban J connectivity index is 1.87. The number of nitrogens with one attached hydrogen (secondary N) is 2. The van der Waals surface area contributed by atoms with E-state index in [1.807, 2.05) is 0 Å². The molecule has 1 aromatic rings. The number of carbonyl (C=O) groups excluding carboxylic acids is 2. The van der Waals surface area contributed by atoms with Gasteiger partial charge in [0.15, 0.2) is 0 Å². The predicted molar refractivity (Wildman–Crippen MR) is 80.5 cm³/mol. The SMILES string of the molecule is O=C(C[C@H]1SC[C@@H](C(=O)O)NC1=O)Nc1ccc(Cl)cc1. The number of amides is 2. The first-order valence-electron chi connectivity index (χ1n) is 6.16. The average Bonchev–Trinajstić information content (AvgIpc) is 2.43. The fourth-order valence-corrected chi connectivity index (χ4v) is 3.06. The van der Waals surface area contributed by atoms with Crippen LogP contribution in [0.1, 0.15) is 6.42 Å². The summed E-state index contributed by atoms with van der Waals surface area (Å²) in [5.41, 5.74) is 0.592. The van der Waals surface area contributed by atoms with Crippen molar-refractivity contribution in [1.82, 2.24) is 5.32 Å². The van der Waals surface area contributed by atoms with Gasteiger partial charge in [-0.05, 0) is 24.3 Å². The van der Waals surface area contributed by atoms with E-state index in [1.165, 1.54) is 11.8 Å². The second kappa shape index (κ2) is 6.82. The van der Waals surface area contributed by atoms with Crippen LogP contribution in [0.15, 0.2) is 24.3 Å². The van der Waals surface area contributed by atoms with Crippen LogP contribution in [0.25, 0.3) is 0 Å². The van der Waals surface area contributed by atoms with Gasteiger partial charge >= 0.3 is 5.97 Å². The van der Waals surface area contributed by atoms with Gasteiger partial charge in [-0.25, -0.2) is 4.79 Å². The van der Waals surface area contributed by atoms with E-state index in [9.17, 15) is 14.4 Å². The van der Waals surface area contributed by atoms with Crippen molar-refractivity contribution in [3.05, 3.63) is 29.3 Å². The Morgan fingerprint density at radius 2 is 2.05 bits per heavy atom. The standard InChI is InChI=1S/C13H13ClN2O4S/c14-7-1-3-8(4-2-7)15-11(17)5-10-12(18)16-9(6-21-10)13(19)20/h1-4,9-10H,5-6H2,(H,15,17)(H,16,18)(H,19,20)/t9-,10+/m0/s1. The summed E-state index contributed by atoms with van der Waals surface area (Å²) in [6.07, 6.45) is -0.00847. The lowest BCUT2D eigenvalue weighted by molar-refractivity contribution is -0.141. The molecule has 1 heterocycles. The quantitative estimate of drug-likeness (QED) is 0.775. The lowest BCUT2D eigenvalue weighted by Crippen LogP contribution is -2.51. The molecule has 1 aliphatic heterocycles. The summed E-state index contributed by atoms with van der Waals surface area (Å²) in [6.45, 7) is 0. The van der Waals surface area contributed by atoms with Crippen molar-refractivity contribution >= 4 is 46.8 Å². The van der Waals surface area contributed by atoms with Crippen LogP contribution in [0.4, 0.5) is 5.69 Å². The number of thioether (sulfide) groups is 1. The van der Waals surface area contributed by atoms with Crippen LogP contribution in [0.2, 0.25) is 5.02 Å². The molecule has 2 atom stereocenters. The van der Waals surface area contributed by atoms with Gasteiger partial charge in [0.05, 0.1) is 5.25 Å². The minimum Gasteiger partial charge on any atom is -0.480 e. The van der Waals surface area contributed by atoms with Crippen molar-refractivity contribution in [2.75, 3.05) is 11.1 Å². The van der Waals surface area contributed by atoms with Gasteiger partial charge in [-0.15, -0.1) is 11.8 Å². The van der Waals surface area contributed by atoms with E-state index in [4.69, 9.17) is 16.7 Å². The summed E-state index contributed by atoms with van der Waals surface area (Å²) in [5.74, 6) is -1.55. The molecule has 0 radical (unpaired) electrons. The first-order valence-corrected chi connectivity index (χ1v) is 7.58. The minimum atomic E-state index is -1.07. The van der Waals surface area contributed by atoms with Crippen molar-refractivity contribution in [3.8, 4) is 0 Å². The maximum absolute atomic E-state index is 11.9. The molecule has 1 aromatic carbocycles. The molecule has 1 saturated heterocycles. The second-order valence-electron chi connectivity index (χ2n) is 4.48. The Morgan fingerprint density at radius 1 is 1.38 bits per heavy atom. The minimum absolute atomic E-state index is 0.00847. The largest absolute Gasteiger partial charge is 0.480 e. The molecule has 3 N–H and O–H groups in total. The molecule has 1 fully saturated rings. The average molecular weight is 329 g/mol. The topological polar surface area (TPSA) is 95.5 Å². The maximum atomic E-state index is 11.9. The van der Waals surface area contributed by atoms with Crippen molar-refractivity contribution in [1.29, 1.82) is 0 Å². The van der Waals surface area contributed by atoms with E-state index in [2.05, 4.69) is 10.6 Å². The molecule has 6 nitrogen and oxygen atoms in total. The van der Waals surface area contributed by atoms with Crippen LogP contribution in [0, 0.1) is 0 Å². The number of rotatable bonds is 4. The molecule has 0 spiro atoms. The normalized spacial score (nSPS) is 21.5. The van der Waals surface area contributed by atoms with Gasteiger partial charge < -0.3 is 15.7 Å². The van der Waals surface area contributed by atoms with Crippen molar-refractivity contribution < 1.29 is 19.5 Å². The monoisotopic (exact) mass is 328 g/mol. The van der Waals surface area contributed by atoms with Crippen molar-refractivity contribution in [2.24, 2.45) is 0 Å². The summed E-state index contributed by atoms with van der Waals surface area (Å²) in [7, 11) is 0. The second-order valence-corrected chi connectivity index (χ2v) is 6.15. The lowest BCUT2D eigenvalue weighted by Gasteiger charge is -2.25. The summed E-state index contributed by atoms with van der Waals surface area (Å²) in [4.78, 5) is 34.4. The Hall–Kier alpha value is -1.73. The van der Waals surface area contributed by atoms with E-state index < -0.39 is 23.2 Å². The molecular formula is C13H13ClN2O4S. The predicted octanol–water partition coefficient (Wildman–Crippen LogP) is 1.35. The molecule has 0 saturated carbocycles. The van der Waals surface area contributed by atoms with Crippen LogP contribution in [-0.4, -0.2) is 39.9 Å². The van der Waals surface area contributed by atoms with E-state index in [1.54, 1.807) is 24.3 Å². The van der Waals surface area contributed by atoms with Crippen LogP contribution >= 0.6 is 23.4 Å². The van der Waals surface area contributed by atoms with Crippen LogP contribution < -0.4 is 10.6 Å². The van der Waals surface area contributed by atoms with E-state index in [0.717, 1.165) is 0 Å². The highest BCUT2D eigenvalue weighted by Crippen LogP contribution is 2.22. The summed E-state index contributed by atoms with van der Waals surface area (Å²) >= 11 is 6.92. The van der Waals surface area contributed by atoms with Gasteiger partial charge in [-0.2, -0.15) is 0 Å². The molecule has 0 bridgehead atoms. The number of carboxylic acids is 1. The highest BCUT2D eigenvalue weighted by Gasteiger charge is 2.33. The van der Waals surface area contributed by atoms with E-state index in [-0.39, 0.29) is 18.1 Å². The van der Waals surface area contributed by atoms with Crippen LogP contribution in [-0.2, 0) is 14.4 Å². The molecule has 112 valence electrons. The highest BCUT2D eigenvalue weighted by molar-refractivity contribution is 8.00. The number of anilines is 1. The molecule has 1 aliphatic rings. The zero-order valence-electron chi connectivity index (χ0n) is 10.8. The number of benzene rings is 1. The van der Waals surface area contributed by atoms with Gasteiger partial charge in [0.25, 0.3) is 0 Å². The summed E-state index contributed by atoms with van der Waals surface area (Å²) in [6, 6.07) is 5.73. The highest BCUT2D eigenvalue weighted by atomic mass is 35.5. The maximum Gasteiger partial charge on any atom is 0.327 e. The smallest absolute Gasteiger partial charge is 0.327 e. The zero-order chi connectivity index (χ0) is 15.4. The molecule has 8 heteroatoms. The number of aliphatic carboxylic acids is 1. The third kappa shape index (κ3) is 4.37. The van der Waals surface area contributed by atoms with Crippen LogP contribution in [0.5, 0.6) is 0 Å². The molecule has 21 heavy (non-hydrogen) atoms. The zero-order valence-corrected chi connectivity index (χ0v) is 12.4. The van der Waals surface area contributed by atoms with Gasteiger partial charge in [0, 0.05) is 22.9 Å². The van der Waals surface area contributed by atoms with Gasteiger partial charge in [-0.1, -0.05) is 11.6 Å². The fraction of sp³-hybridized carbons (Fsp3) is 0.308. The van der Waals surface area contributed by atoms with Crippen LogP contribution in [0.3, 0.4) is 0 Å². The van der Waals surface area contributed by atoms with Crippen molar-refractivity contribution in [2.45, 2.75) is 17.7 Å². The molecule has 0 aliphatic carbocycles. The number of halogens is 1. The lowest BCUT2D eigenvalue weighted by atomic mass is 10.2. The number of carboxylic acid groups (broad SMARTS) is 1. The third-order valence-corrected chi connectivity index (χ3v) is 4.43. The molecule has 2 rings (SSSR count). The molecule has 0 unspecified atom stereocenters. The van der Waals surface area contributed by atoms with E-state index in [0.29, 0.717) is 10.7 Å². The van der Waals surface area contributed by atoms with Gasteiger partial charge in [0.2, 0.25) is 11.8 Å². The number of hydrogen-bond acceptors (Lipinski definition) is 4. The molecule has 2 amide bonds. The van der Waals surface area contributed by atoms with Gasteiger partial charge in [0.1, 0.15) is 6.04 Å². The molecule has 0 aromatic heterocycles. The third-order valence-electron chi connectivity index (χ3n) is 2.87. The van der Waals surface area contributed by atoms with Gasteiger partial charge in [-0.3, -0.25) is 9.59 Å². The first kappa shape index (κ1) is 15.7. The van der Waals surface area contributed by atoms with E-state index >= 15 is 0 Å². The summed E-state index contributed by atoms with van der Waals surface area (Å²) in [5, 5.41) is 13.9. The Bertz CT molecular complexity index is 564. The summed E-state index contributed by atoms with van der Waals surface area (Å²) < 4.78 is 0. The Morgan fingerprint density at radius 3 is 2.62 bits per heavy atom. The first-order chi connectivity index (χ1) is 9.95.